The molecule has 0 aliphatic carbocycles. The van der Waals surface area contributed by atoms with E-state index in [4.69, 9.17) is 9.26 Å². The van der Waals surface area contributed by atoms with Crippen molar-refractivity contribution >= 4 is 0 Å². The zero-order chi connectivity index (χ0) is 23.6. The van der Waals surface area contributed by atoms with E-state index < -0.39 is 35.0 Å². The highest BCUT2D eigenvalue weighted by Crippen LogP contribution is 2.32. The Balaban J connectivity index is 1.56. The molecular weight excluding hydrogens is 444 g/mol. The molecule has 4 rings (SSSR count). The number of halogens is 4. The summed E-state index contributed by atoms with van der Waals surface area (Å²) in [6.45, 7) is 1.02. The van der Waals surface area contributed by atoms with Crippen molar-refractivity contribution in [3.63, 3.8) is 0 Å². The maximum atomic E-state index is 14.6. The SMILES string of the molecule is C[C@@H](OCc1cc(-c2cc(F)ccc2F)no1)[C@](O)(Cn1cncn1)c1ccc(F)cc1F. The highest BCUT2D eigenvalue weighted by atomic mass is 19.1. The quantitative estimate of drug-likeness (QED) is 0.399. The van der Waals surface area contributed by atoms with Gasteiger partial charge in [-0.05, 0) is 31.2 Å². The predicted octanol–water partition coefficient (Wildman–Crippen LogP) is 3.98. The van der Waals surface area contributed by atoms with Crippen LogP contribution in [-0.4, -0.2) is 31.1 Å². The number of rotatable bonds is 8. The van der Waals surface area contributed by atoms with Crippen molar-refractivity contribution in [2.24, 2.45) is 0 Å². The van der Waals surface area contributed by atoms with Crippen LogP contribution < -0.4 is 0 Å². The lowest BCUT2D eigenvalue weighted by Crippen LogP contribution is -2.44. The van der Waals surface area contributed by atoms with Crippen LogP contribution in [0.2, 0.25) is 0 Å². The van der Waals surface area contributed by atoms with Crippen LogP contribution >= 0.6 is 0 Å². The molecule has 0 amide bonds. The third-order valence-electron chi connectivity index (χ3n) is 5.18. The van der Waals surface area contributed by atoms with Crippen LogP contribution in [0.3, 0.4) is 0 Å². The molecule has 7 nitrogen and oxygen atoms in total. The topological polar surface area (TPSA) is 86.2 Å². The molecule has 0 unspecified atom stereocenters. The van der Waals surface area contributed by atoms with Gasteiger partial charge in [0.2, 0.25) is 0 Å². The molecule has 1 N–H and O–H groups in total. The van der Waals surface area contributed by atoms with Crippen molar-refractivity contribution in [2.75, 3.05) is 0 Å². The third-order valence-corrected chi connectivity index (χ3v) is 5.18. The molecule has 0 aliphatic rings. The maximum absolute atomic E-state index is 14.6. The van der Waals surface area contributed by atoms with Crippen molar-refractivity contribution < 1.29 is 31.9 Å². The molecular formula is C22H18F4N4O3. The van der Waals surface area contributed by atoms with Gasteiger partial charge in [-0.15, -0.1) is 0 Å². The molecule has 4 aromatic rings. The summed E-state index contributed by atoms with van der Waals surface area (Å²) < 4.78 is 67.6. The van der Waals surface area contributed by atoms with Gasteiger partial charge >= 0.3 is 0 Å². The molecule has 0 saturated carbocycles. The van der Waals surface area contributed by atoms with E-state index in [0.29, 0.717) is 6.07 Å². The van der Waals surface area contributed by atoms with Gasteiger partial charge in [-0.2, -0.15) is 5.10 Å². The summed E-state index contributed by atoms with van der Waals surface area (Å²) in [4.78, 5) is 3.80. The van der Waals surface area contributed by atoms with Crippen molar-refractivity contribution in [3.05, 3.63) is 89.7 Å². The fourth-order valence-electron chi connectivity index (χ4n) is 3.38. The lowest BCUT2D eigenvalue weighted by Gasteiger charge is -2.34. The number of nitrogens with zero attached hydrogens (tertiary/aromatic N) is 4. The normalized spacial score (nSPS) is 14.2. The lowest BCUT2D eigenvalue weighted by atomic mass is 9.88. The van der Waals surface area contributed by atoms with Gasteiger partial charge in [-0.1, -0.05) is 11.2 Å². The van der Waals surface area contributed by atoms with Crippen molar-refractivity contribution in [1.29, 1.82) is 0 Å². The Kier molecular flexibility index (Phi) is 6.25. The van der Waals surface area contributed by atoms with Gasteiger partial charge in [0.25, 0.3) is 0 Å². The molecule has 11 heteroatoms. The molecule has 2 aromatic carbocycles. The van der Waals surface area contributed by atoms with Crippen LogP contribution in [0.25, 0.3) is 11.3 Å². The average molecular weight is 462 g/mol. The molecule has 2 atom stereocenters. The van der Waals surface area contributed by atoms with E-state index >= 15 is 0 Å². The van der Waals surface area contributed by atoms with Gasteiger partial charge in [-0.25, -0.2) is 27.2 Å². The van der Waals surface area contributed by atoms with Gasteiger partial charge < -0.3 is 14.4 Å². The van der Waals surface area contributed by atoms with Crippen LogP contribution in [0, 0.1) is 23.3 Å². The molecule has 0 spiro atoms. The third kappa shape index (κ3) is 4.78. The second-order valence-corrected chi connectivity index (χ2v) is 7.40. The Bertz CT molecular complexity index is 1250. The van der Waals surface area contributed by atoms with Crippen molar-refractivity contribution in [3.8, 4) is 11.3 Å². The Hall–Kier alpha value is -3.57. The monoisotopic (exact) mass is 462 g/mol. The minimum Gasteiger partial charge on any atom is -0.380 e. The van der Waals surface area contributed by atoms with Crippen LogP contribution in [0.1, 0.15) is 18.2 Å². The summed E-state index contributed by atoms with van der Waals surface area (Å²) in [7, 11) is 0. The summed E-state index contributed by atoms with van der Waals surface area (Å²) in [5.41, 5.74) is -2.20. The number of aromatic nitrogens is 4. The Labute approximate surface area is 185 Å². The van der Waals surface area contributed by atoms with Gasteiger partial charge in [-0.3, -0.25) is 0 Å². The summed E-state index contributed by atoms with van der Waals surface area (Å²) in [5, 5.41) is 19.1. The summed E-state index contributed by atoms with van der Waals surface area (Å²) in [6.07, 6.45) is 1.52. The number of benzene rings is 2. The predicted molar refractivity (Wildman–Crippen MR) is 106 cm³/mol. The number of aliphatic hydroxyl groups is 1. The molecule has 0 fully saturated rings. The van der Waals surface area contributed by atoms with Gasteiger partial charge in [0.15, 0.2) is 5.76 Å². The van der Waals surface area contributed by atoms with Crippen LogP contribution in [0.4, 0.5) is 17.6 Å². The van der Waals surface area contributed by atoms with Crippen LogP contribution in [0.15, 0.2) is 59.6 Å². The molecule has 172 valence electrons. The van der Waals surface area contributed by atoms with E-state index in [0.717, 1.165) is 30.3 Å². The molecule has 0 radical (unpaired) electrons. The first-order valence-electron chi connectivity index (χ1n) is 9.79. The van der Waals surface area contributed by atoms with E-state index in [9.17, 15) is 22.7 Å². The van der Waals surface area contributed by atoms with Crippen LogP contribution in [0.5, 0.6) is 0 Å². The van der Waals surface area contributed by atoms with E-state index in [-0.39, 0.29) is 35.7 Å². The second-order valence-electron chi connectivity index (χ2n) is 7.40. The van der Waals surface area contributed by atoms with Gasteiger partial charge in [0, 0.05) is 23.3 Å². The summed E-state index contributed by atoms with van der Waals surface area (Å²) >= 11 is 0. The molecule has 2 heterocycles. The Morgan fingerprint density at radius 2 is 1.82 bits per heavy atom. The molecule has 0 saturated heterocycles. The molecule has 0 aliphatic heterocycles. The minimum absolute atomic E-state index is 0.0562. The van der Waals surface area contributed by atoms with Gasteiger partial charge in [0.1, 0.15) is 53.8 Å². The first-order chi connectivity index (χ1) is 15.8. The highest BCUT2D eigenvalue weighted by molar-refractivity contribution is 5.59. The molecule has 33 heavy (non-hydrogen) atoms. The summed E-state index contributed by atoms with van der Waals surface area (Å²) in [5.74, 6) is -2.92. The number of ether oxygens (including phenoxy) is 1. The molecule has 2 aromatic heterocycles. The summed E-state index contributed by atoms with van der Waals surface area (Å²) in [6, 6.07) is 7.10. The zero-order valence-electron chi connectivity index (χ0n) is 17.3. The fourth-order valence-corrected chi connectivity index (χ4v) is 3.38. The first-order valence-corrected chi connectivity index (χ1v) is 9.79. The lowest BCUT2D eigenvalue weighted by molar-refractivity contribution is -0.126. The molecule has 0 bridgehead atoms. The van der Waals surface area contributed by atoms with Gasteiger partial charge in [0.05, 0.1) is 12.6 Å². The number of hydrogen-bond acceptors (Lipinski definition) is 6. The standard InChI is InChI=1S/C22H18F4N4O3/c1-13(32-9-16-8-21(29-33-16)17-6-14(23)3-5-19(17)25)22(31,10-30-12-27-11-28-30)18-4-2-15(24)7-20(18)26/h2-8,11-13,31H,9-10H2,1H3/t13-,22-/m1/s1. The Morgan fingerprint density at radius 3 is 2.55 bits per heavy atom. The second kappa shape index (κ2) is 9.12. The van der Waals surface area contributed by atoms with Crippen molar-refractivity contribution in [2.45, 2.75) is 31.8 Å². The number of hydrogen-bond donors (Lipinski definition) is 1. The first kappa shape index (κ1) is 22.6. The van der Waals surface area contributed by atoms with E-state index in [1.807, 2.05) is 0 Å². The highest BCUT2D eigenvalue weighted by Gasteiger charge is 2.40. The van der Waals surface area contributed by atoms with Crippen molar-refractivity contribution in [1.82, 2.24) is 19.9 Å². The van der Waals surface area contributed by atoms with Crippen LogP contribution in [-0.2, 0) is 23.5 Å². The fraction of sp³-hybridized carbons (Fsp3) is 0.227. The average Bonchev–Trinajstić information content (AvgIpc) is 3.45. The smallest absolute Gasteiger partial charge is 0.163 e. The van der Waals surface area contributed by atoms with E-state index in [1.54, 1.807) is 0 Å². The van der Waals surface area contributed by atoms with E-state index in [1.165, 1.54) is 30.3 Å². The minimum atomic E-state index is -1.97. The maximum Gasteiger partial charge on any atom is 0.163 e. The zero-order valence-corrected chi connectivity index (χ0v) is 17.3. The van der Waals surface area contributed by atoms with E-state index in [2.05, 4.69) is 15.2 Å². The largest absolute Gasteiger partial charge is 0.380 e. The Morgan fingerprint density at radius 1 is 1.06 bits per heavy atom.